The summed E-state index contributed by atoms with van der Waals surface area (Å²) in [5.41, 5.74) is 0.458. The van der Waals surface area contributed by atoms with Gasteiger partial charge < -0.3 is 24.8 Å². The van der Waals surface area contributed by atoms with Crippen LogP contribution in [0.25, 0.3) is 0 Å². The van der Waals surface area contributed by atoms with Crippen LogP contribution < -0.4 is 0 Å². The molecule has 5 nitrogen and oxygen atoms in total. The van der Waals surface area contributed by atoms with Gasteiger partial charge in [0.25, 0.3) is 0 Å². The number of hydrogen-bond donors (Lipinski definition) is 3. The van der Waals surface area contributed by atoms with Crippen molar-refractivity contribution >= 4 is 11.8 Å². The Balaban J connectivity index is 2.03. The molecule has 118 valence electrons. The Bertz CT molecular complexity index is 416. The summed E-state index contributed by atoms with van der Waals surface area (Å²) in [6.45, 7) is 1.95. The quantitative estimate of drug-likeness (QED) is 0.720. The number of thioether (sulfide) groups is 1. The fraction of sp³-hybridized carbons (Fsp3) is 0.600. The Labute approximate surface area is 128 Å². The van der Waals surface area contributed by atoms with Crippen molar-refractivity contribution in [3.63, 3.8) is 0 Å². The fourth-order valence-corrected chi connectivity index (χ4v) is 3.22. The molecule has 2 rings (SSSR count). The van der Waals surface area contributed by atoms with E-state index >= 15 is 0 Å². The Kier molecular flexibility index (Phi) is 6.47. The maximum absolute atomic E-state index is 10.3. The Morgan fingerprint density at radius 3 is 2.52 bits per heavy atom. The molecule has 0 bridgehead atoms. The highest BCUT2D eigenvalue weighted by Crippen LogP contribution is 2.30. The molecule has 3 N–H and O–H groups in total. The average Bonchev–Trinajstić information content (AvgIpc) is 2.51. The first-order valence-corrected chi connectivity index (χ1v) is 8.11. The lowest BCUT2D eigenvalue weighted by molar-refractivity contribution is -0.223. The largest absolute Gasteiger partial charge is 0.394 e. The summed E-state index contributed by atoms with van der Waals surface area (Å²) in [6.07, 6.45) is -3.50. The highest BCUT2D eigenvalue weighted by molar-refractivity contribution is 7.99. The minimum atomic E-state index is -1.05. The van der Waals surface area contributed by atoms with Crippen LogP contribution in [0.5, 0.6) is 0 Å². The summed E-state index contributed by atoms with van der Waals surface area (Å²) >= 11 is 1.43. The first-order valence-electron chi connectivity index (χ1n) is 7.07. The maximum atomic E-state index is 10.3. The van der Waals surface area contributed by atoms with E-state index in [1.807, 2.05) is 37.3 Å². The van der Waals surface area contributed by atoms with E-state index in [-0.39, 0.29) is 6.61 Å². The molecule has 1 saturated heterocycles. The SMILES string of the molecule is CCS[C@@H]1O[C@H](CO)[C@@H](O)[C@H](OCc2ccccc2)[C@H]1O. The van der Waals surface area contributed by atoms with Crippen LogP contribution in [0.2, 0.25) is 0 Å². The lowest BCUT2D eigenvalue weighted by Gasteiger charge is -2.41. The lowest BCUT2D eigenvalue weighted by Crippen LogP contribution is -2.58. The molecule has 1 heterocycles. The molecule has 0 amide bonds. The summed E-state index contributed by atoms with van der Waals surface area (Å²) in [6, 6.07) is 9.56. The zero-order valence-electron chi connectivity index (χ0n) is 12.0. The molecule has 21 heavy (non-hydrogen) atoms. The first kappa shape index (κ1) is 16.7. The van der Waals surface area contributed by atoms with Crippen molar-refractivity contribution in [1.29, 1.82) is 0 Å². The Morgan fingerprint density at radius 2 is 1.90 bits per heavy atom. The van der Waals surface area contributed by atoms with Crippen molar-refractivity contribution < 1.29 is 24.8 Å². The second kappa shape index (κ2) is 8.12. The standard InChI is InChI=1S/C15H22O5S/c1-2-21-15-13(18)14(12(17)11(8-16)20-15)19-9-10-6-4-3-5-7-10/h3-7,11-18H,2,8-9H2,1H3/t11-,12-,13-,14+,15+/m1/s1. The molecule has 1 aromatic rings. The second-order valence-electron chi connectivity index (χ2n) is 4.92. The maximum Gasteiger partial charge on any atom is 0.132 e. The number of aliphatic hydroxyl groups excluding tert-OH is 3. The van der Waals surface area contributed by atoms with E-state index in [0.717, 1.165) is 11.3 Å². The number of benzene rings is 1. The van der Waals surface area contributed by atoms with Gasteiger partial charge in [0.15, 0.2) is 0 Å². The smallest absolute Gasteiger partial charge is 0.132 e. The molecule has 5 atom stereocenters. The van der Waals surface area contributed by atoms with Crippen LogP contribution in [-0.4, -0.2) is 57.5 Å². The van der Waals surface area contributed by atoms with Crippen LogP contribution in [0, 0.1) is 0 Å². The summed E-state index contributed by atoms with van der Waals surface area (Å²) in [4.78, 5) is 0. The van der Waals surface area contributed by atoms with Gasteiger partial charge in [-0.25, -0.2) is 0 Å². The minimum absolute atomic E-state index is 0.293. The second-order valence-corrected chi connectivity index (χ2v) is 6.30. The highest BCUT2D eigenvalue weighted by atomic mass is 32.2. The number of aliphatic hydroxyl groups is 3. The molecule has 1 aliphatic rings. The molecule has 0 aliphatic carbocycles. The zero-order valence-corrected chi connectivity index (χ0v) is 12.8. The third-order valence-electron chi connectivity index (χ3n) is 3.44. The minimum Gasteiger partial charge on any atom is -0.394 e. The van der Waals surface area contributed by atoms with E-state index < -0.39 is 29.9 Å². The summed E-state index contributed by atoms with van der Waals surface area (Å²) in [5, 5.41) is 29.8. The van der Waals surface area contributed by atoms with Gasteiger partial charge in [0, 0.05) is 0 Å². The number of ether oxygens (including phenoxy) is 2. The molecule has 0 saturated carbocycles. The molecule has 6 heteroatoms. The van der Waals surface area contributed by atoms with E-state index in [1.54, 1.807) is 0 Å². The summed E-state index contributed by atoms with van der Waals surface area (Å²) in [7, 11) is 0. The van der Waals surface area contributed by atoms with Crippen LogP contribution in [0.1, 0.15) is 12.5 Å². The van der Waals surface area contributed by atoms with Crippen molar-refractivity contribution in [2.75, 3.05) is 12.4 Å². The van der Waals surface area contributed by atoms with Gasteiger partial charge in [0.1, 0.15) is 29.9 Å². The van der Waals surface area contributed by atoms with Crippen molar-refractivity contribution in [3.8, 4) is 0 Å². The van der Waals surface area contributed by atoms with Crippen molar-refractivity contribution in [2.45, 2.75) is 43.4 Å². The third kappa shape index (κ3) is 4.18. The van der Waals surface area contributed by atoms with Crippen LogP contribution in [-0.2, 0) is 16.1 Å². The summed E-state index contributed by atoms with van der Waals surface area (Å²) < 4.78 is 11.2. The number of hydrogen-bond acceptors (Lipinski definition) is 6. The van der Waals surface area contributed by atoms with Gasteiger partial charge in [-0.05, 0) is 11.3 Å². The van der Waals surface area contributed by atoms with Crippen LogP contribution in [0.3, 0.4) is 0 Å². The monoisotopic (exact) mass is 314 g/mol. The predicted molar refractivity (Wildman–Crippen MR) is 80.9 cm³/mol. The molecular formula is C15H22O5S. The van der Waals surface area contributed by atoms with Gasteiger partial charge in [-0.2, -0.15) is 0 Å². The van der Waals surface area contributed by atoms with E-state index in [4.69, 9.17) is 9.47 Å². The highest BCUT2D eigenvalue weighted by Gasteiger charge is 2.44. The Morgan fingerprint density at radius 1 is 1.19 bits per heavy atom. The van der Waals surface area contributed by atoms with E-state index in [0.29, 0.717) is 6.61 Å². The average molecular weight is 314 g/mol. The van der Waals surface area contributed by atoms with Gasteiger partial charge in [-0.15, -0.1) is 11.8 Å². The van der Waals surface area contributed by atoms with Gasteiger partial charge >= 0.3 is 0 Å². The van der Waals surface area contributed by atoms with E-state index in [9.17, 15) is 15.3 Å². The van der Waals surface area contributed by atoms with Crippen LogP contribution in [0.4, 0.5) is 0 Å². The normalized spacial score (nSPS) is 33.0. The van der Waals surface area contributed by atoms with Gasteiger partial charge in [-0.3, -0.25) is 0 Å². The molecule has 1 fully saturated rings. The molecule has 0 radical (unpaired) electrons. The van der Waals surface area contributed by atoms with Crippen LogP contribution in [0.15, 0.2) is 30.3 Å². The molecule has 0 spiro atoms. The van der Waals surface area contributed by atoms with Crippen molar-refractivity contribution in [2.24, 2.45) is 0 Å². The fourth-order valence-electron chi connectivity index (χ4n) is 2.32. The third-order valence-corrected chi connectivity index (χ3v) is 4.49. The van der Waals surface area contributed by atoms with Crippen molar-refractivity contribution in [1.82, 2.24) is 0 Å². The van der Waals surface area contributed by atoms with E-state index in [2.05, 4.69) is 0 Å². The topological polar surface area (TPSA) is 79.2 Å². The van der Waals surface area contributed by atoms with Gasteiger partial charge in [0.2, 0.25) is 0 Å². The van der Waals surface area contributed by atoms with Gasteiger partial charge in [-0.1, -0.05) is 37.3 Å². The summed E-state index contributed by atoms with van der Waals surface area (Å²) in [5.74, 6) is 0.765. The molecule has 0 unspecified atom stereocenters. The predicted octanol–water partition coefficient (Wildman–Crippen LogP) is 0.764. The lowest BCUT2D eigenvalue weighted by atomic mass is 10.00. The Hall–Kier alpha value is -0.630. The van der Waals surface area contributed by atoms with Crippen LogP contribution >= 0.6 is 11.8 Å². The molecule has 1 aromatic carbocycles. The molecular weight excluding hydrogens is 292 g/mol. The zero-order chi connectivity index (χ0) is 15.2. The van der Waals surface area contributed by atoms with Gasteiger partial charge in [0.05, 0.1) is 13.2 Å². The molecule has 0 aromatic heterocycles. The van der Waals surface area contributed by atoms with E-state index in [1.165, 1.54) is 11.8 Å². The van der Waals surface area contributed by atoms with Crippen molar-refractivity contribution in [3.05, 3.63) is 35.9 Å². The molecule has 1 aliphatic heterocycles. The first-order chi connectivity index (χ1) is 10.2. The number of rotatable bonds is 6.